The highest BCUT2D eigenvalue weighted by Crippen LogP contribution is 2.72. The maximum absolute atomic E-state index is 13.2. The number of carbonyl (C=O) groups excluding carboxylic acids is 2. The quantitative estimate of drug-likeness (QED) is 0.684. The molecule has 3 rings (SSSR count). The van der Waals surface area contributed by atoms with Gasteiger partial charge in [0.1, 0.15) is 0 Å². The van der Waals surface area contributed by atoms with Crippen LogP contribution in [0.1, 0.15) is 33.6 Å². The summed E-state index contributed by atoms with van der Waals surface area (Å²) in [5.41, 5.74) is -1.28. The van der Waals surface area contributed by atoms with Gasteiger partial charge < -0.3 is 9.64 Å². The maximum Gasteiger partial charge on any atom is 0.231 e. The Labute approximate surface area is 128 Å². The summed E-state index contributed by atoms with van der Waals surface area (Å²) in [5.74, 6) is 0.345. The minimum Gasteiger partial charge on any atom is -0.378 e. The highest BCUT2D eigenvalue weighted by atomic mass is 79.9. The Kier molecular flexibility index (Phi) is 3.11. The van der Waals surface area contributed by atoms with Gasteiger partial charge in [-0.05, 0) is 18.3 Å². The van der Waals surface area contributed by atoms with Gasteiger partial charge in [0, 0.05) is 18.5 Å². The second-order valence-electron chi connectivity index (χ2n) is 7.06. The summed E-state index contributed by atoms with van der Waals surface area (Å²) in [7, 11) is 0. The standard InChI is InChI=1S/C15H22BrNO3/c1-13(2)14(3)4-5-15(13,10(16)11(14)18)12(19)17-6-8-20-9-7-17/h10H,4-9H2,1-3H3/t10-,14-,15-/m1/s1. The first-order chi connectivity index (χ1) is 9.29. The first-order valence-corrected chi connectivity index (χ1v) is 8.26. The molecule has 20 heavy (non-hydrogen) atoms. The van der Waals surface area contributed by atoms with Gasteiger partial charge in [0.25, 0.3) is 0 Å². The van der Waals surface area contributed by atoms with Gasteiger partial charge in [0.2, 0.25) is 5.91 Å². The smallest absolute Gasteiger partial charge is 0.231 e. The Morgan fingerprint density at radius 3 is 2.35 bits per heavy atom. The van der Waals surface area contributed by atoms with Crippen LogP contribution in [0, 0.1) is 16.2 Å². The number of carbonyl (C=O) groups is 2. The van der Waals surface area contributed by atoms with Crippen molar-refractivity contribution >= 4 is 27.6 Å². The molecule has 1 saturated heterocycles. The number of Topliss-reactive ketones (excluding diaryl/α,β-unsaturated/α-hetero) is 1. The third kappa shape index (κ3) is 1.41. The molecule has 3 fully saturated rings. The fourth-order valence-corrected chi connectivity index (χ4v) is 5.98. The number of halogens is 1. The number of hydrogen-bond donors (Lipinski definition) is 0. The van der Waals surface area contributed by atoms with Gasteiger partial charge in [-0.3, -0.25) is 9.59 Å². The van der Waals surface area contributed by atoms with E-state index in [0.29, 0.717) is 26.3 Å². The molecule has 112 valence electrons. The summed E-state index contributed by atoms with van der Waals surface area (Å²) in [5, 5.41) is 0. The molecule has 2 aliphatic carbocycles. The molecular formula is C15H22BrNO3. The molecule has 3 atom stereocenters. The largest absolute Gasteiger partial charge is 0.378 e. The number of alkyl halides is 1. The number of ether oxygens (including phenoxy) is 1. The van der Waals surface area contributed by atoms with E-state index >= 15 is 0 Å². The fraction of sp³-hybridized carbons (Fsp3) is 0.867. The lowest BCUT2D eigenvalue weighted by molar-refractivity contribution is -0.151. The van der Waals surface area contributed by atoms with Gasteiger partial charge in [-0.15, -0.1) is 0 Å². The maximum atomic E-state index is 13.2. The van der Waals surface area contributed by atoms with Crippen LogP contribution < -0.4 is 0 Å². The number of fused-ring (bicyclic) bond motifs is 2. The number of morpholine rings is 1. The zero-order valence-electron chi connectivity index (χ0n) is 12.4. The van der Waals surface area contributed by atoms with Crippen molar-refractivity contribution in [3.8, 4) is 0 Å². The summed E-state index contributed by atoms with van der Waals surface area (Å²) in [6.45, 7) is 8.70. The second-order valence-corrected chi connectivity index (χ2v) is 7.98. The topological polar surface area (TPSA) is 46.6 Å². The molecular weight excluding hydrogens is 322 g/mol. The molecule has 0 spiro atoms. The normalized spacial score (nSPS) is 43.1. The van der Waals surface area contributed by atoms with Crippen molar-refractivity contribution in [1.29, 1.82) is 0 Å². The zero-order chi connectivity index (χ0) is 14.8. The molecule has 4 nitrogen and oxygen atoms in total. The van der Waals surface area contributed by atoms with Gasteiger partial charge in [0.15, 0.2) is 5.78 Å². The average molecular weight is 344 g/mol. The van der Waals surface area contributed by atoms with Crippen LogP contribution in [-0.4, -0.2) is 47.7 Å². The van der Waals surface area contributed by atoms with E-state index in [9.17, 15) is 9.59 Å². The molecule has 2 saturated carbocycles. The van der Waals surface area contributed by atoms with Crippen LogP contribution >= 0.6 is 15.9 Å². The number of ketones is 1. The molecule has 0 unspecified atom stereocenters. The summed E-state index contributed by atoms with van der Waals surface area (Å²) in [6.07, 6.45) is 1.62. The third-order valence-electron chi connectivity index (χ3n) is 6.40. The highest BCUT2D eigenvalue weighted by Gasteiger charge is 2.77. The molecule has 0 aromatic rings. The van der Waals surface area contributed by atoms with Gasteiger partial charge in [-0.1, -0.05) is 36.7 Å². The van der Waals surface area contributed by atoms with E-state index in [1.165, 1.54) is 0 Å². The first-order valence-electron chi connectivity index (χ1n) is 7.34. The minimum atomic E-state index is -0.587. The van der Waals surface area contributed by atoms with E-state index in [1.807, 2.05) is 11.8 Å². The summed E-state index contributed by atoms with van der Waals surface area (Å²) >= 11 is 3.57. The second kappa shape index (κ2) is 4.29. The van der Waals surface area contributed by atoms with Gasteiger partial charge >= 0.3 is 0 Å². The molecule has 3 aliphatic rings. The number of rotatable bonds is 1. The molecule has 0 N–H and O–H groups in total. The van der Waals surface area contributed by atoms with Crippen molar-refractivity contribution in [2.24, 2.45) is 16.2 Å². The van der Waals surface area contributed by atoms with E-state index in [1.54, 1.807) is 0 Å². The van der Waals surface area contributed by atoms with Crippen LogP contribution in [0.5, 0.6) is 0 Å². The molecule has 1 aliphatic heterocycles. The van der Waals surface area contributed by atoms with Crippen molar-refractivity contribution in [3.63, 3.8) is 0 Å². The zero-order valence-corrected chi connectivity index (χ0v) is 14.0. The van der Waals surface area contributed by atoms with Crippen LogP contribution in [0.4, 0.5) is 0 Å². The van der Waals surface area contributed by atoms with Crippen molar-refractivity contribution in [1.82, 2.24) is 4.90 Å². The van der Waals surface area contributed by atoms with Crippen molar-refractivity contribution < 1.29 is 14.3 Å². The van der Waals surface area contributed by atoms with Gasteiger partial charge in [-0.25, -0.2) is 0 Å². The van der Waals surface area contributed by atoms with E-state index < -0.39 is 5.41 Å². The van der Waals surface area contributed by atoms with Crippen LogP contribution in [0.25, 0.3) is 0 Å². The molecule has 1 amide bonds. The first kappa shape index (κ1) is 14.5. The number of nitrogens with zero attached hydrogens (tertiary/aromatic N) is 1. The monoisotopic (exact) mass is 343 g/mol. The van der Waals surface area contributed by atoms with E-state index in [-0.39, 0.29) is 27.3 Å². The minimum absolute atomic E-state index is 0.141. The summed E-state index contributed by atoms with van der Waals surface area (Å²) < 4.78 is 5.34. The van der Waals surface area contributed by atoms with Crippen molar-refractivity contribution in [3.05, 3.63) is 0 Å². The Balaban J connectivity index is 2.02. The van der Waals surface area contributed by atoms with Crippen LogP contribution in [-0.2, 0) is 14.3 Å². The summed E-state index contributed by atoms with van der Waals surface area (Å²) in [6, 6.07) is 0. The lowest BCUT2D eigenvalue weighted by Crippen LogP contribution is -2.54. The lowest BCUT2D eigenvalue weighted by Gasteiger charge is -2.43. The molecule has 2 bridgehead atoms. The van der Waals surface area contributed by atoms with E-state index in [2.05, 4.69) is 29.8 Å². The predicted molar refractivity (Wildman–Crippen MR) is 78.7 cm³/mol. The molecule has 0 aromatic carbocycles. The Bertz CT molecular complexity index is 472. The Morgan fingerprint density at radius 2 is 1.85 bits per heavy atom. The van der Waals surface area contributed by atoms with Gasteiger partial charge in [-0.2, -0.15) is 0 Å². The lowest BCUT2D eigenvalue weighted by atomic mass is 9.64. The van der Waals surface area contributed by atoms with Crippen molar-refractivity contribution in [2.45, 2.75) is 38.4 Å². The number of hydrogen-bond acceptors (Lipinski definition) is 3. The van der Waals surface area contributed by atoms with E-state index in [0.717, 1.165) is 12.8 Å². The number of amides is 1. The highest BCUT2D eigenvalue weighted by molar-refractivity contribution is 9.10. The fourth-order valence-electron chi connectivity index (χ4n) is 4.47. The van der Waals surface area contributed by atoms with Crippen LogP contribution in [0.2, 0.25) is 0 Å². The van der Waals surface area contributed by atoms with Gasteiger partial charge in [0.05, 0.1) is 23.5 Å². The van der Waals surface area contributed by atoms with Crippen LogP contribution in [0.3, 0.4) is 0 Å². The van der Waals surface area contributed by atoms with Crippen molar-refractivity contribution in [2.75, 3.05) is 26.3 Å². The summed E-state index contributed by atoms with van der Waals surface area (Å²) in [4.78, 5) is 27.4. The average Bonchev–Trinajstić information content (AvgIpc) is 2.71. The van der Waals surface area contributed by atoms with E-state index in [4.69, 9.17) is 4.74 Å². The Morgan fingerprint density at radius 1 is 1.25 bits per heavy atom. The molecule has 0 radical (unpaired) electrons. The molecule has 0 aromatic heterocycles. The third-order valence-corrected chi connectivity index (χ3v) is 7.60. The Hall–Kier alpha value is -0.420. The van der Waals surface area contributed by atoms with Crippen LogP contribution in [0.15, 0.2) is 0 Å². The molecule has 5 heteroatoms. The predicted octanol–water partition coefficient (Wildman–Crippen LogP) is 2.00. The molecule has 1 heterocycles. The SMILES string of the molecule is CC1(C)[C@]2(C(=O)N3CCOCC3)CC[C@]1(C)C(=O)[C@H]2Br.